The minimum atomic E-state index is -0.819. The lowest BCUT2D eigenvalue weighted by atomic mass is 10.2. The number of hydrogen-bond donors (Lipinski definition) is 1. The fourth-order valence-electron chi connectivity index (χ4n) is 1.95. The molecule has 3 aromatic rings. The van der Waals surface area contributed by atoms with Gasteiger partial charge in [0.25, 0.3) is 0 Å². The van der Waals surface area contributed by atoms with Crippen LogP contribution in [-0.2, 0) is 4.74 Å². The van der Waals surface area contributed by atoms with Crippen molar-refractivity contribution >= 4 is 39.0 Å². The molecule has 1 N–H and O–H groups in total. The van der Waals surface area contributed by atoms with Crippen molar-refractivity contribution in [1.29, 1.82) is 0 Å². The maximum atomic E-state index is 9.51. The number of hydrogen-bond acceptors (Lipinski definition) is 6. The summed E-state index contributed by atoms with van der Waals surface area (Å²) in [5, 5.41) is 19.3. The first kappa shape index (κ1) is 16.7. The van der Waals surface area contributed by atoms with E-state index < -0.39 is 6.29 Å². The Bertz CT molecular complexity index is 776. The molecule has 1 aromatic carbocycles. The number of rotatable bonds is 6. The van der Waals surface area contributed by atoms with E-state index >= 15 is 0 Å². The molecule has 1 atom stereocenters. The van der Waals surface area contributed by atoms with Gasteiger partial charge in [0.15, 0.2) is 11.4 Å². The van der Waals surface area contributed by atoms with E-state index in [4.69, 9.17) is 4.74 Å². The number of aromatic nitrogens is 3. The van der Waals surface area contributed by atoms with Gasteiger partial charge in [0.05, 0.1) is 10.6 Å². The second-order valence-corrected chi connectivity index (χ2v) is 7.48. The number of halogens is 1. The third-order valence-corrected chi connectivity index (χ3v) is 6.15. The molecule has 23 heavy (non-hydrogen) atoms. The minimum Gasteiger partial charge on any atom is -0.367 e. The Kier molecular flexibility index (Phi) is 5.50. The average Bonchev–Trinajstić information content (AvgIpc) is 3.19. The van der Waals surface area contributed by atoms with Crippen molar-refractivity contribution in [1.82, 2.24) is 14.8 Å². The van der Waals surface area contributed by atoms with Gasteiger partial charge < -0.3 is 9.84 Å². The highest BCUT2D eigenvalue weighted by Gasteiger charge is 2.15. The van der Waals surface area contributed by atoms with E-state index in [9.17, 15) is 5.11 Å². The first-order valence-electron chi connectivity index (χ1n) is 6.78. The minimum absolute atomic E-state index is 0.396. The highest BCUT2D eigenvalue weighted by Crippen LogP contribution is 2.39. The molecule has 0 aliphatic rings. The highest BCUT2D eigenvalue weighted by molar-refractivity contribution is 9.10. The van der Waals surface area contributed by atoms with Crippen LogP contribution in [0.15, 0.2) is 52.4 Å². The van der Waals surface area contributed by atoms with E-state index in [0.717, 1.165) is 25.1 Å². The number of aliphatic hydroxyl groups is 1. The maximum Gasteiger partial charge on any atom is 0.196 e. The molecule has 8 heteroatoms. The van der Waals surface area contributed by atoms with Crippen LogP contribution in [0.2, 0.25) is 0 Å². The number of nitrogens with zero attached hydrogens (tertiary/aromatic N) is 3. The fraction of sp³-hybridized carbons (Fsp3) is 0.200. The SMILES string of the molecule is COC(O)CSc1nncn1-c1cc(Br)c(-c2ccccc2)s1. The molecule has 0 fully saturated rings. The Balaban J connectivity index is 1.88. The Morgan fingerprint density at radius 3 is 2.91 bits per heavy atom. The van der Waals surface area contributed by atoms with Crippen LogP contribution in [0.4, 0.5) is 0 Å². The molecule has 120 valence electrons. The molecule has 0 amide bonds. The number of benzene rings is 1. The van der Waals surface area contributed by atoms with Gasteiger partial charge in [-0.2, -0.15) is 0 Å². The van der Waals surface area contributed by atoms with E-state index in [2.05, 4.69) is 38.3 Å². The molecule has 1 unspecified atom stereocenters. The van der Waals surface area contributed by atoms with E-state index in [0.29, 0.717) is 5.75 Å². The zero-order valence-electron chi connectivity index (χ0n) is 12.2. The molecule has 0 spiro atoms. The lowest BCUT2D eigenvalue weighted by Crippen LogP contribution is -2.12. The Labute approximate surface area is 150 Å². The molecule has 0 bridgehead atoms. The number of ether oxygens (including phenoxy) is 1. The van der Waals surface area contributed by atoms with Crippen LogP contribution in [0, 0.1) is 0 Å². The quantitative estimate of drug-likeness (QED) is 0.493. The van der Waals surface area contributed by atoms with Crippen molar-refractivity contribution < 1.29 is 9.84 Å². The summed E-state index contributed by atoms with van der Waals surface area (Å²) in [5.74, 6) is 0.396. The van der Waals surface area contributed by atoms with Crippen LogP contribution in [-0.4, -0.2) is 39.0 Å². The van der Waals surface area contributed by atoms with Gasteiger partial charge in [0.1, 0.15) is 11.3 Å². The van der Waals surface area contributed by atoms with Gasteiger partial charge in [0.2, 0.25) is 0 Å². The zero-order valence-corrected chi connectivity index (χ0v) is 15.4. The molecule has 2 heterocycles. The van der Waals surface area contributed by atoms with Crippen molar-refractivity contribution in [3.8, 4) is 15.4 Å². The molecule has 0 aliphatic carbocycles. The Morgan fingerprint density at radius 1 is 1.39 bits per heavy atom. The van der Waals surface area contributed by atoms with Gasteiger partial charge in [-0.1, -0.05) is 42.1 Å². The summed E-state index contributed by atoms with van der Waals surface area (Å²) in [6, 6.07) is 12.3. The van der Waals surface area contributed by atoms with Gasteiger partial charge in [-0.25, -0.2) is 0 Å². The van der Waals surface area contributed by atoms with Crippen LogP contribution < -0.4 is 0 Å². The standard InChI is InChI=1S/C15H14BrN3O2S2/c1-21-13(20)8-22-15-18-17-9-19(15)12-7-11(16)14(23-12)10-5-3-2-4-6-10/h2-7,9,13,20H,8H2,1H3. The molecule has 0 radical (unpaired) electrons. The number of aliphatic hydroxyl groups excluding tert-OH is 1. The van der Waals surface area contributed by atoms with Crippen molar-refractivity contribution in [2.45, 2.75) is 11.4 Å². The van der Waals surface area contributed by atoms with E-state index in [1.165, 1.54) is 18.9 Å². The van der Waals surface area contributed by atoms with Gasteiger partial charge >= 0.3 is 0 Å². The average molecular weight is 412 g/mol. The first-order valence-corrected chi connectivity index (χ1v) is 9.37. The summed E-state index contributed by atoms with van der Waals surface area (Å²) in [6.07, 6.45) is 0.856. The molecular weight excluding hydrogens is 398 g/mol. The van der Waals surface area contributed by atoms with Crippen LogP contribution in [0.3, 0.4) is 0 Å². The summed E-state index contributed by atoms with van der Waals surface area (Å²) in [5.41, 5.74) is 1.16. The topological polar surface area (TPSA) is 60.2 Å². The van der Waals surface area contributed by atoms with E-state index in [1.807, 2.05) is 28.8 Å². The van der Waals surface area contributed by atoms with Crippen LogP contribution in [0.5, 0.6) is 0 Å². The fourth-order valence-corrected chi connectivity index (χ4v) is 4.69. The maximum absolute atomic E-state index is 9.51. The van der Waals surface area contributed by atoms with Gasteiger partial charge in [-0.15, -0.1) is 21.5 Å². The lowest BCUT2D eigenvalue weighted by Gasteiger charge is -2.07. The predicted molar refractivity (Wildman–Crippen MR) is 96.1 cm³/mol. The van der Waals surface area contributed by atoms with Crippen molar-refractivity contribution in [2.75, 3.05) is 12.9 Å². The van der Waals surface area contributed by atoms with Crippen LogP contribution in [0.1, 0.15) is 0 Å². The largest absolute Gasteiger partial charge is 0.367 e. The monoisotopic (exact) mass is 411 g/mol. The third-order valence-electron chi connectivity index (χ3n) is 3.09. The number of methoxy groups -OCH3 is 1. The molecule has 0 saturated heterocycles. The second kappa shape index (κ2) is 7.59. The zero-order chi connectivity index (χ0) is 16.2. The summed E-state index contributed by atoms with van der Waals surface area (Å²) >= 11 is 6.68. The summed E-state index contributed by atoms with van der Waals surface area (Å²) in [6.45, 7) is 0. The molecular formula is C15H14BrN3O2S2. The smallest absolute Gasteiger partial charge is 0.196 e. The first-order chi connectivity index (χ1) is 11.2. The van der Waals surface area contributed by atoms with Gasteiger partial charge in [0, 0.05) is 11.6 Å². The number of thioether (sulfide) groups is 1. The normalized spacial score (nSPS) is 12.5. The van der Waals surface area contributed by atoms with Crippen molar-refractivity contribution in [2.24, 2.45) is 0 Å². The molecule has 2 aromatic heterocycles. The molecule has 3 rings (SSSR count). The van der Waals surface area contributed by atoms with Crippen LogP contribution >= 0.6 is 39.0 Å². The Morgan fingerprint density at radius 2 is 2.17 bits per heavy atom. The Hall–Kier alpha value is -1.19. The molecule has 0 saturated carbocycles. The molecule has 0 aliphatic heterocycles. The van der Waals surface area contributed by atoms with Gasteiger partial charge in [-0.3, -0.25) is 4.57 Å². The highest BCUT2D eigenvalue weighted by atomic mass is 79.9. The number of thiophene rings is 1. The predicted octanol–water partition coefficient (Wildman–Crippen LogP) is 3.82. The third kappa shape index (κ3) is 3.84. The van der Waals surface area contributed by atoms with Crippen molar-refractivity contribution in [3.05, 3.63) is 47.2 Å². The van der Waals surface area contributed by atoms with Crippen LogP contribution in [0.25, 0.3) is 15.4 Å². The second-order valence-electron chi connectivity index (χ2n) is 4.61. The van der Waals surface area contributed by atoms with E-state index in [-0.39, 0.29) is 0 Å². The summed E-state index contributed by atoms with van der Waals surface area (Å²) in [7, 11) is 1.47. The van der Waals surface area contributed by atoms with Gasteiger partial charge in [-0.05, 0) is 27.6 Å². The molecule has 5 nitrogen and oxygen atoms in total. The van der Waals surface area contributed by atoms with Crippen molar-refractivity contribution in [3.63, 3.8) is 0 Å². The lowest BCUT2D eigenvalue weighted by molar-refractivity contribution is -0.0546. The summed E-state index contributed by atoms with van der Waals surface area (Å²) in [4.78, 5) is 1.15. The van der Waals surface area contributed by atoms with E-state index in [1.54, 1.807) is 17.7 Å². The summed E-state index contributed by atoms with van der Waals surface area (Å²) < 4.78 is 7.79.